The summed E-state index contributed by atoms with van der Waals surface area (Å²) in [6.45, 7) is 7.37. The monoisotopic (exact) mass is 643 g/mol. The molecule has 0 spiro atoms. The number of aromatic nitrogens is 5. The van der Waals surface area contributed by atoms with Crippen molar-refractivity contribution in [3.63, 3.8) is 0 Å². The smallest absolute Gasteiger partial charge is 0.325 e. The van der Waals surface area contributed by atoms with E-state index in [9.17, 15) is 14.0 Å². The van der Waals surface area contributed by atoms with Crippen molar-refractivity contribution in [2.45, 2.75) is 57.1 Å². The third-order valence-corrected chi connectivity index (χ3v) is 7.82. The van der Waals surface area contributed by atoms with Gasteiger partial charge in [0.1, 0.15) is 17.0 Å². The van der Waals surface area contributed by atoms with Crippen LogP contribution in [0.5, 0.6) is 0 Å². The third-order valence-electron chi connectivity index (χ3n) is 5.33. The van der Waals surface area contributed by atoms with Crippen LogP contribution in [0.3, 0.4) is 0 Å². The molecule has 17 heteroatoms. The molecule has 3 heterocycles. The number of ether oxygens (including phenoxy) is 1. The Kier molecular flexibility index (Phi) is 11.5. The van der Waals surface area contributed by atoms with Crippen molar-refractivity contribution in [2.75, 3.05) is 30.0 Å². The van der Waals surface area contributed by atoms with E-state index in [1.54, 1.807) is 23.2 Å². The van der Waals surface area contributed by atoms with Crippen LogP contribution in [-0.4, -0.2) is 55.2 Å². The number of hydrogen-bond acceptors (Lipinski definition) is 12. The van der Waals surface area contributed by atoms with Gasteiger partial charge in [-0.3, -0.25) is 14.3 Å². The minimum absolute atomic E-state index is 0.0605. The van der Waals surface area contributed by atoms with Crippen LogP contribution in [-0.2, 0) is 22.6 Å². The molecule has 1 aliphatic heterocycles. The van der Waals surface area contributed by atoms with Crippen molar-refractivity contribution in [3.8, 4) is 6.07 Å². The fourth-order valence-electron chi connectivity index (χ4n) is 3.38. The molecular formula is C24H28Cl2FN9O3S2. The number of carbonyl (C=O) groups excluding carboxylic acids is 1. The molecule has 0 saturated heterocycles. The third kappa shape index (κ3) is 9.15. The lowest BCUT2D eigenvalue weighted by atomic mass is 10.1. The number of fused-ring (bicyclic) bond motifs is 1. The van der Waals surface area contributed by atoms with Gasteiger partial charge in [0.25, 0.3) is 0 Å². The molecule has 0 unspecified atom stereocenters. The summed E-state index contributed by atoms with van der Waals surface area (Å²) in [5.74, 6) is -0.255. The Labute approximate surface area is 253 Å². The van der Waals surface area contributed by atoms with Crippen LogP contribution in [0.15, 0.2) is 26.8 Å². The van der Waals surface area contributed by atoms with Crippen LogP contribution in [0, 0.1) is 17.1 Å². The largest absolute Gasteiger partial charge is 0.468 e. The SMILES string of the molecule is CCNc1nc(Cl)nc(NC(C)(C)C#N)n1.COC(=O)CSc1cc(/N=c2\sc(=O)n3n2CCCC3)c(F)cc1Cl. The minimum atomic E-state index is -0.756. The maximum absolute atomic E-state index is 14.3. The number of rotatable bonds is 8. The second kappa shape index (κ2) is 14.6. The maximum atomic E-state index is 14.3. The highest BCUT2D eigenvalue weighted by Crippen LogP contribution is 2.33. The van der Waals surface area contributed by atoms with E-state index in [0.29, 0.717) is 35.3 Å². The molecule has 12 nitrogen and oxygen atoms in total. The first-order valence-corrected chi connectivity index (χ1v) is 14.9. The van der Waals surface area contributed by atoms with Crippen LogP contribution < -0.4 is 20.3 Å². The fraction of sp³-hybridized carbons (Fsp3) is 0.458. The summed E-state index contributed by atoms with van der Waals surface area (Å²) in [5, 5.41) is 14.9. The molecule has 220 valence electrons. The first-order valence-electron chi connectivity index (χ1n) is 12.3. The van der Waals surface area contributed by atoms with E-state index in [1.165, 1.54) is 13.2 Å². The molecule has 41 heavy (non-hydrogen) atoms. The number of thioether (sulfide) groups is 1. The Morgan fingerprint density at radius 2 is 1.93 bits per heavy atom. The number of carbonyl (C=O) groups is 1. The summed E-state index contributed by atoms with van der Waals surface area (Å²) in [4.78, 5) is 40.4. The van der Waals surface area contributed by atoms with Crippen molar-refractivity contribution in [1.82, 2.24) is 24.3 Å². The molecule has 0 radical (unpaired) electrons. The number of hydrogen-bond donors (Lipinski definition) is 2. The van der Waals surface area contributed by atoms with Gasteiger partial charge in [0.2, 0.25) is 22.0 Å². The van der Waals surface area contributed by atoms with Crippen LogP contribution in [0.1, 0.15) is 33.6 Å². The molecule has 4 rings (SSSR count). The van der Waals surface area contributed by atoms with Gasteiger partial charge in [0, 0.05) is 24.5 Å². The van der Waals surface area contributed by atoms with Crippen molar-refractivity contribution in [3.05, 3.63) is 42.7 Å². The Hall–Kier alpha value is -3.19. The van der Waals surface area contributed by atoms with Gasteiger partial charge in [-0.2, -0.15) is 20.2 Å². The maximum Gasteiger partial charge on any atom is 0.325 e. The summed E-state index contributed by atoms with van der Waals surface area (Å²) in [7, 11) is 1.30. The lowest BCUT2D eigenvalue weighted by Crippen LogP contribution is -2.31. The lowest BCUT2D eigenvalue weighted by Gasteiger charge is -2.17. The zero-order valence-electron chi connectivity index (χ0n) is 22.7. The van der Waals surface area contributed by atoms with Gasteiger partial charge in [-0.1, -0.05) is 11.6 Å². The molecule has 0 atom stereocenters. The predicted octanol–water partition coefficient (Wildman–Crippen LogP) is 4.47. The average Bonchev–Trinajstić information content (AvgIpc) is 3.24. The molecule has 1 aliphatic rings. The molecule has 2 aromatic heterocycles. The number of nitrogens with zero attached hydrogens (tertiary/aromatic N) is 7. The van der Waals surface area contributed by atoms with Crippen molar-refractivity contribution >= 4 is 69.9 Å². The van der Waals surface area contributed by atoms with E-state index in [-0.39, 0.29) is 32.6 Å². The lowest BCUT2D eigenvalue weighted by molar-refractivity contribution is -0.137. The quantitative estimate of drug-likeness (QED) is 0.266. The van der Waals surface area contributed by atoms with E-state index in [2.05, 4.69) is 41.4 Å². The number of benzene rings is 1. The van der Waals surface area contributed by atoms with Crippen molar-refractivity contribution < 1.29 is 13.9 Å². The molecule has 0 saturated carbocycles. The molecule has 0 amide bonds. The number of nitriles is 1. The Balaban J connectivity index is 0.000000250. The Bertz CT molecular complexity index is 1570. The highest BCUT2D eigenvalue weighted by molar-refractivity contribution is 8.00. The van der Waals surface area contributed by atoms with Crippen LogP contribution >= 0.6 is 46.3 Å². The number of anilines is 2. The Morgan fingerprint density at radius 1 is 1.24 bits per heavy atom. The number of nitrogens with one attached hydrogen (secondary N) is 2. The number of halogens is 3. The molecule has 3 aromatic rings. The molecule has 0 fully saturated rings. The van der Waals surface area contributed by atoms with Crippen molar-refractivity contribution in [1.29, 1.82) is 5.26 Å². The summed E-state index contributed by atoms with van der Waals surface area (Å²) in [5.41, 5.74) is -0.673. The highest BCUT2D eigenvalue weighted by atomic mass is 35.5. The summed E-state index contributed by atoms with van der Waals surface area (Å²) in [6.07, 6.45) is 1.90. The van der Waals surface area contributed by atoms with E-state index < -0.39 is 17.3 Å². The van der Waals surface area contributed by atoms with Gasteiger partial charge in [0.05, 0.1) is 24.0 Å². The van der Waals surface area contributed by atoms with E-state index in [4.69, 9.17) is 28.5 Å². The van der Waals surface area contributed by atoms with E-state index >= 15 is 0 Å². The van der Waals surface area contributed by atoms with E-state index in [0.717, 1.165) is 42.0 Å². The van der Waals surface area contributed by atoms with Crippen LogP contribution in [0.2, 0.25) is 10.3 Å². The second-order valence-electron chi connectivity index (χ2n) is 8.96. The molecule has 2 N–H and O–H groups in total. The minimum Gasteiger partial charge on any atom is -0.468 e. The topological polar surface area (TPSA) is 152 Å². The predicted molar refractivity (Wildman–Crippen MR) is 157 cm³/mol. The summed E-state index contributed by atoms with van der Waals surface area (Å²) < 4.78 is 22.3. The van der Waals surface area contributed by atoms with Crippen LogP contribution in [0.4, 0.5) is 22.0 Å². The van der Waals surface area contributed by atoms with Crippen LogP contribution in [0.25, 0.3) is 0 Å². The zero-order valence-corrected chi connectivity index (χ0v) is 25.8. The number of methoxy groups -OCH3 is 1. The van der Waals surface area contributed by atoms with Gasteiger partial charge in [-0.15, -0.1) is 11.8 Å². The normalized spacial score (nSPS) is 13.0. The van der Waals surface area contributed by atoms with Gasteiger partial charge < -0.3 is 15.4 Å². The Morgan fingerprint density at radius 3 is 2.59 bits per heavy atom. The van der Waals surface area contributed by atoms with Gasteiger partial charge in [0.15, 0.2) is 0 Å². The summed E-state index contributed by atoms with van der Waals surface area (Å²) >= 11 is 13.9. The average molecular weight is 645 g/mol. The highest BCUT2D eigenvalue weighted by Gasteiger charge is 2.18. The standard InChI is InChI=1S/C15H15ClFN3O3S2.C9H13ClN6/c1-23-13(21)8-24-12-7-11(10(17)6-9(12)16)18-14-19-4-2-3-5-20(19)15(22)25-14;1-4-12-7-13-6(10)14-8(15-7)16-9(2,3)5-11/h6-7H,2-5,8H2,1H3;4H2,1-3H3,(H2,12,13,14,15,16)/b18-14-;. The first kappa shape index (κ1) is 32.3. The molecular weight excluding hydrogens is 616 g/mol. The molecule has 1 aromatic carbocycles. The molecule has 0 bridgehead atoms. The van der Waals surface area contributed by atoms with Gasteiger partial charge in [-0.25, -0.2) is 14.1 Å². The van der Waals surface area contributed by atoms with Gasteiger partial charge >= 0.3 is 10.8 Å². The summed E-state index contributed by atoms with van der Waals surface area (Å²) in [6, 6.07) is 4.73. The zero-order chi connectivity index (χ0) is 30.2. The molecule has 0 aliphatic carbocycles. The van der Waals surface area contributed by atoms with E-state index in [1.807, 2.05) is 6.92 Å². The second-order valence-corrected chi connectivity index (χ2v) is 11.6. The van der Waals surface area contributed by atoms with Gasteiger partial charge in [-0.05, 0) is 68.7 Å². The fourth-order valence-corrected chi connectivity index (χ4v) is 5.53. The van der Waals surface area contributed by atoms with Crippen molar-refractivity contribution in [2.24, 2.45) is 4.99 Å². The number of esters is 1. The first-order chi connectivity index (χ1) is 19.5.